The molecular weight excluding hydrogens is 667 g/mol. The van der Waals surface area contributed by atoms with Crippen LogP contribution in [0.15, 0.2) is 67.6 Å². The minimum atomic E-state index is -0.165. The molecule has 0 radical (unpaired) electrons. The van der Waals surface area contributed by atoms with Gasteiger partial charge in [0, 0.05) is 76.4 Å². The second-order valence-corrected chi connectivity index (χ2v) is 17.8. The molecule has 1 aromatic carbocycles. The van der Waals surface area contributed by atoms with Crippen molar-refractivity contribution in [1.29, 1.82) is 0 Å². The Bertz CT molecular complexity index is 2140. The van der Waals surface area contributed by atoms with Crippen LogP contribution < -0.4 is 26.4 Å². The number of carbonyl (C=O) groups is 1. The molecule has 6 heterocycles. The van der Waals surface area contributed by atoms with E-state index in [2.05, 4.69) is 85.0 Å². The Labute approximate surface area is 313 Å². The van der Waals surface area contributed by atoms with Gasteiger partial charge in [-0.15, -0.1) is 11.3 Å². The van der Waals surface area contributed by atoms with Crippen LogP contribution in [0.4, 0.5) is 5.88 Å². The summed E-state index contributed by atoms with van der Waals surface area (Å²) in [5, 5.41) is 6.51. The Hall–Kier alpha value is -3.95. The van der Waals surface area contributed by atoms with Crippen molar-refractivity contribution in [2.45, 2.75) is 97.1 Å². The molecule has 4 aromatic rings. The number of anilines is 1. The number of nitrogens with zero attached hydrogens (tertiary/aromatic N) is 4. The first kappa shape index (κ1) is 36.4. The van der Waals surface area contributed by atoms with Crippen molar-refractivity contribution >= 4 is 39.5 Å². The predicted molar refractivity (Wildman–Crippen MR) is 216 cm³/mol. The molecule has 5 aliphatic rings. The molecule has 3 aromatic heterocycles. The lowest BCUT2D eigenvalue weighted by Crippen LogP contribution is -2.43. The van der Waals surface area contributed by atoms with Gasteiger partial charge in [0.25, 0.3) is 5.91 Å². The third-order valence-corrected chi connectivity index (χ3v) is 11.4. The molecular formula is C43H57N5O3S. The lowest BCUT2D eigenvalue weighted by Gasteiger charge is -2.35. The van der Waals surface area contributed by atoms with Gasteiger partial charge in [0.1, 0.15) is 15.9 Å². The van der Waals surface area contributed by atoms with Crippen LogP contribution in [0.5, 0.6) is 0 Å². The van der Waals surface area contributed by atoms with Crippen molar-refractivity contribution in [3.63, 3.8) is 0 Å². The molecule has 8 nitrogen and oxygen atoms in total. The first-order valence-corrected chi connectivity index (χ1v) is 20.1. The van der Waals surface area contributed by atoms with Gasteiger partial charge < -0.3 is 24.1 Å². The minimum Gasteiger partial charge on any atom is -0.439 e. The maximum atomic E-state index is 13.2. The van der Waals surface area contributed by atoms with Crippen molar-refractivity contribution in [2.24, 2.45) is 10.4 Å². The van der Waals surface area contributed by atoms with E-state index in [0.29, 0.717) is 27.6 Å². The number of carbonyl (C=O) groups excluding carboxylic acids is 1. The zero-order chi connectivity index (χ0) is 36.6. The summed E-state index contributed by atoms with van der Waals surface area (Å²) >= 11 is 1.46. The number of nitrogens with one attached hydrogen (secondary N) is 1. The summed E-state index contributed by atoms with van der Waals surface area (Å²) in [4.78, 5) is 35.4. The van der Waals surface area contributed by atoms with E-state index >= 15 is 0 Å². The Morgan fingerprint density at radius 3 is 2.44 bits per heavy atom. The van der Waals surface area contributed by atoms with E-state index in [4.69, 9.17) is 9.41 Å². The highest BCUT2D eigenvalue weighted by Gasteiger charge is 2.38. The Morgan fingerprint density at radius 2 is 1.77 bits per heavy atom. The Morgan fingerprint density at radius 1 is 1.08 bits per heavy atom. The van der Waals surface area contributed by atoms with Crippen LogP contribution in [0.1, 0.15) is 103 Å². The number of fused-ring (bicyclic) bond motifs is 1. The largest absolute Gasteiger partial charge is 0.439 e. The van der Waals surface area contributed by atoms with E-state index in [1.54, 1.807) is 11.0 Å². The van der Waals surface area contributed by atoms with Crippen LogP contribution in [0.25, 0.3) is 27.5 Å². The molecule has 1 saturated heterocycles. The predicted octanol–water partition coefficient (Wildman–Crippen LogP) is 7.74. The van der Waals surface area contributed by atoms with Gasteiger partial charge >= 0.3 is 0 Å². The number of unbranched alkanes of at least 4 members (excludes halogenated alkanes) is 1. The molecule has 2 fully saturated rings. The zero-order valence-corrected chi connectivity index (χ0v) is 32.7. The van der Waals surface area contributed by atoms with E-state index in [0.717, 1.165) is 98.7 Å². The molecule has 2 aliphatic carbocycles. The second-order valence-electron chi connectivity index (χ2n) is 17.0. The van der Waals surface area contributed by atoms with Crippen molar-refractivity contribution in [2.75, 3.05) is 45.2 Å². The lowest BCUT2D eigenvalue weighted by atomic mass is 9.76. The Balaban J connectivity index is 0.000000753. The number of piperazine rings is 1. The van der Waals surface area contributed by atoms with Gasteiger partial charge in [-0.3, -0.25) is 14.6 Å². The first-order valence-electron chi connectivity index (χ1n) is 19.2. The number of aromatic nitrogens is 1. The Kier molecular flexibility index (Phi) is 10.4. The van der Waals surface area contributed by atoms with E-state index in [1.165, 1.54) is 35.3 Å². The molecule has 1 saturated carbocycles. The summed E-state index contributed by atoms with van der Waals surface area (Å²) < 4.78 is 9.32. The normalized spacial score (nSPS) is 19.8. The van der Waals surface area contributed by atoms with Crippen molar-refractivity contribution < 1.29 is 10.6 Å². The number of hydrogen-bond acceptors (Lipinski definition) is 7. The standard InChI is InChI=1S/C38H43N5O3S.C5H12.H2/c1-41(2)37(45)31-20-28-19-26-22-38(23-26,40-36(28)43(31)29-8-3-4-9-29)14-6-5-7-25-10-12-27(13-11-25)30-24-47-35-32(44)21-33(46-34(30)35)42-17-15-39-16-18-42;1-5(2,3)4;/h10-13,19-22,24,29,39H,3-9,14-18,23H2,1-2H3;1-4H3;1H. The highest BCUT2D eigenvalue weighted by molar-refractivity contribution is 7.17. The number of amides is 1. The van der Waals surface area contributed by atoms with Crippen LogP contribution in [-0.4, -0.2) is 61.2 Å². The van der Waals surface area contributed by atoms with E-state index in [9.17, 15) is 9.59 Å². The highest BCUT2D eigenvalue weighted by atomic mass is 32.1. The average molecular weight is 724 g/mol. The third-order valence-electron chi connectivity index (χ3n) is 10.4. The summed E-state index contributed by atoms with van der Waals surface area (Å²) in [6.07, 6.45) is 14.5. The number of hydrogen-bond donors (Lipinski definition) is 1. The van der Waals surface area contributed by atoms with E-state index < -0.39 is 0 Å². The molecule has 9 heteroatoms. The van der Waals surface area contributed by atoms with Crippen LogP contribution in [-0.2, 0) is 6.42 Å². The second kappa shape index (κ2) is 14.8. The van der Waals surface area contributed by atoms with Gasteiger partial charge in [0.05, 0.1) is 5.54 Å². The first-order chi connectivity index (χ1) is 24.9. The molecule has 1 unspecified atom stereocenters. The molecule has 0 spiro atoms. The summed E-state index contributed by atoms with van der Waals surface area (Å²) in [5.74, 6) is 0.727. The van der Waals surface area contributed by atoms with Crippen molar-refractivity contribution in [3.05, 3.63) is 85.6 Å². The molecule has 3 aliphatic heterocycles. The van der Waals surface area contributed by atoms with Crippen molar-refractivity contribution in [3.8, 4) is 11.1 Å². The fourth-order valence-corrected chi connectivity index (χ4v) is 8.84. The topological polar surface area (TPSA) is 83.1 Å². The number of rotatable bonds is 9. The number of benzene rings is 1. The number of thiophene rings is 1. The molecule has 1 N–H and O–H groups in total. The van der Waals surface area contributed by atoms with Crippen molar-refractivity contribution in [1.82, 2.24) is 14.8 Å². The zero-order valence-electron chi connectivity index (χ0n) is 31.9. The minimum absolute atomic E-state index is 0. The highest BCUT2D eigenvalue weighted by Crippen LogP contribution is 2.41. The van der Waals surface area contributed by atoms with Gasteiger partial charge in [-0.2, -0.15) is 0 Å². The summed E-state index contributed by atoms with van der Waals surface area (Å²) in [7, 11) is 3.67. The van der Waals surface area contributed by atoms with Crippen LogP contribution >= 0.6 is 11.3 Å². The lowest BCUT2D eigenvalue weighted by molar-refractivity contribution is 0.0814. The van der Waals surface area contributed by atoms with Crippen LogP contribution in [0, 0.1) is 5.41 Å². The van der Waals surface area contributed by atoms with Crippen LogP contribution in [0.3, 0.4) is 0 Å². The third kappa shape index (κ3) is 7.86. The maximum Gasteiger partial charge on any atom is 0.270 e. The van der Waals surface area contributed by atoms with Gasteiger partial charge in [0.2, 0.25) is 5.43 Å². The van der Waals surface area contributed by atoms with Gasteiger partial charge in [0.15, 0.2) is 11.5 Å². The molecule has 9 rings (SSSR count). The monoisotopic (exact) mass is 723 g/mol. The average Bonchev–Trinajstić information content (AvgIpc) is 3.81. The van der Waals surface area contributed by atoms with Gasteiger partial charge in [-0.25, -0.2) is 0 Å². The molecule has 1 atom stereocenters. The van der Waals surface area contributed by atoms with Crippen LogP contribution in [0.2, 0.25) is 0 Å². The molecule has 278 valence electrons. The quantitative estimate of drug-likeness (QED) is 0.179. The molecule has 52 heavy (non-hydrogen) atoms. The van der Waals surface area contributed by atoms with Gasteiger partial charge in [-0.05, 0) is 66.4 Å². The number of aryl methyl sites for hydroxylation is 1. The SMILES string of the molecule is CC(C)(C)C.CN(C)C(=O)c1cc2c(n1C1CCCC1)=NC1(CCCCc3ccc(-c4csc5c(=O)cc(N6CCNCC6)oc45)cc3)C=C(C=2)C1.[HH]. The summed E-state index contributed by atoms with van der Waals surface area (Å²) in [6, 6.07) is 12.8. The maximum absolute atomic E-state index is 13.2. The van der Waals surface area contributed by atoms with E-state index in [1.807, 2.05) is 19.5 Å². The van der Waals surface area contributed by atoms with E-state index in [-0.39, 0.29) is 18.3 Å². The fourth-order valence-electron chi connectivity index (χ4n) is 7.93. The smallest absolute Gasteiger partial charge is 0.270 e. The fraction of sp³-hybridized carbons (Fsp3) is 0.512. The summed E-state index contributed by atoms with van der Waals surface area (Å²) in [5.41, 5.74) is 7.57. The molecule has 1 amide bonds. The summed E-state index contributed by atoms with van der Waals surface area (Å²) in [6.45, 7) is 12.2. The molecule has 2 bridgehead atoms. The van der Waals surface area contributed by atoms with Gasteiger partial charge in [-0.1, -0.05) is 77.3 Å².